The van der Waals surface area contributed by atoms with Crippen LogP contribution in [0.1, 0.15) is 63.1 Å². The van der Waals surface area contributed by atoms with E-state index in [4.69, 9.17) is 0 Å². The zero-order chi connectivity index (χ0) is 47.1. The standard InChI is InChI=1S/C66H49N3O/c1-65(2)56-33-18-16-31-52(56)55-42-62-63(43-58(55)65)69(60-38-36-51(41-61(60)67(62)3)68(48-26-12-6-13-27-48)49-28-14-7-15-29-49)50-30-20-21-44(39-50)45-35-37-54-59(40-45)66(46-22-8-4-9-23-46,47-24-10-5-11-25-47)57-34-19-17-32-53(57)64(54)70/h4-43H,1-3H3. The van der Waals surface area contributed by atoms with Crippen molar-refractivity contribution in [3.63, 3.8) is 0 Å². The van der Waals surface area contributed by atoms with E-state index in [2.05, 4.69) is 266 Å². The average molecular weight is 900 g/mol. The van der Waals surface area contributed by atoms with Gasteiger partial charge in [0.25, 0.3) is 0 Å². The number of fused-ring (bicyclic) bond motifs is 7. The van der Waals surface area contributed by atoms with Gasteiger partial charge in [-0.1, -0.05) is 184 Å². The summed E-state index contributed by atoms with van der Waals surface area (Å²) in [4.78, 5) is 21.8. The molecule has 1 heterocycles. The average Bonchev–Trinajstić information content (AvgIpc) is 3.64. The number of benzene rings is 10. The van der Waals surface area contributed by atoms with Crippen LogP contribution >= 0.6 is 0 Å². The van der Waals surface area contributed by atoms with E-state index in [0.717, 1.165) is 90.0 Å². The Kier molecular flexibility index (Phi) is 9.44. The molecular weight excluding hydrogens is 851 g/mol. The second kappa shape index (κ2) is 15.9. The predicted octanol–water partition coefficient (Wildman–Crippen LogP) is 16.6. The topological polar surface area (TPSA) is 26.8 Å². The van der Waals surface area contributed by atoms with E-state index in [1.54, 1.807) is 0 Å². The van der Waals surface area contributed by atoms with Gasteiger partial charge >= 0.3 is 0 Å². The van der Waals surface area contributed by atoms with Gasteiger partial charge in [-0.3, -0.25) is 4.79 Å². The lowest BCUT2D eigenvalue weighted by atomic mass is 9.59. The Bertz CT molecular complexity index is 3600. The Labute approximate surface area is 410 Å². The van der Waals surface area contributed by atoms with Crippen molar-refractivity contribution in [2.24, 2.45) is 0 Å². The summed E-state index contributed by atoms with van der Waals surface area (Å²) in [6.07, 6.45) is 0. The molecule has 0 fully saturated rings. The Balaban J connectivity index is 1.01. The van der Waals surface area contributed by atoms with E-state index >= 15 is 0 Å². The lowest BCUT2D eigenvalue weighted by molar-refractivity contribution is 0.103. The molecule has 13 rings (SSSR count). The second-order valence-electron chi connectivity index (χ2n) is 19.3. The zero-order valence-electron chi connectivity index (χ0n) is 39.3. The number of carbonyl (C=O) groups is 1. The highest BCUT2D eigenvalue weighted by Gasteiger charge is 2.46. The highest BCUT2D eigenvalue weighted by molar-refractivity contribution is 6.14. The van der Waals surface area contributed by atoms with E-state index in [1.165, 1.54) is 22.3 Å². The van der Waals surface area contributed by atoms with Crippen LogP contribution in [0.25, 0.3) is 22.3 Å². The summed E-state index contributed by atoms with van der Waals surface area (Å²) in [5.41, 5.74) is 20.8. The minimum atomic E-state index is -0.735. The number of hydrogen-bond acceptors (Lipinski definition) is 4. The Morgan fingerprint density at radius 2 is 0.929 bits per heavy atom. The van der Waals surface area contributed by atoms with Gasteiger partial charge in [0.1, 0.15) is 0 Å². The quantitative estimate of drug-likeness (QED) is 0.159. The molecule has 334 valence electrons. The highest BCUT2D eigenvalue weighted by atomic mass is 16.1. The fourth-order valence-corrected chi connectivity index (χ4v) is 11.9. The van der Waals surface area contributed by atoms with Crippen LogP contribution in [0.5, 0.6) is 0 Å². The van der Waals surface area contributed by atoms with Crippen molar-refractivity contribution in [2.75, 3.05) is 21.7 Å². The lowest BCUT2D eigenvalue weighted by Crippen LogP contribution is -2.38. The number of para-hydroxylation sites is 2. The van der Waals surface area contributed by atoms with E-state index in [0.29, 0.717) is 0 Å². The molecule has 10 aromatic carbocycles. The van der Waals surface area contributed by atoms with Crippen LogP contribution in [0.2, 0.25) is 0 Å². The molecule has 2 aliphatic carbocycles. The highest BCUT2D eigenvalue weighted by Crippen LogP contribution is 2.59. The van der Waals surface area contributed by atoms with Crippen molar-refractivity contribution in [3.05, 3.63) is 287 Å². The van der Waals surface area contributed by atoms with Gasteiger partial charge in [0.15, 0.2) is 5.78 Å². The molecular formula is C66H49N3O. The normalized spacial score (nSPS) is 14.4. The number of hydrogen-bond donors (Lipinski definition) is 0. The molecule has 70 heavy (non-hydrogen) atoms. The van der Waals surface area contributed by atoms with Crippen molar-refractivity contribution in [2.45, 2.75) is 24.7 Å². The van der Waals surface area contributed by atoms with Gasteiger partial charge in [0.2, 0.25) is 0 Å². The molecule has 1 aliphatic heterocycles. The largest absolute Gasteiger partial charge is 0.341 e. The van der Waals surface area contributed by atoms with Crippen molar-refractivity contribution < 1.29 is 4.79 Å². The molecule has 0 saturated carbocycles. The van der Waals surface area contributed by atoms with E-state index in [1.807, 2.05) is 12.1 Å². The molecule has 4 heteroatoms. The summed E-state index contributed by atoms with van der Waals surface area (Å²) in [5.74, 6) is 0.0501. The fraction of sp³-hybridized carbons (Fsp3) is 0.0758. The van der Waals surface area contributed by atoms with Gasteiger partial charge in [0, 0.05) is 46.3 Å². The van der Waals surface area contributed by atoms with E-state index in [9.17, 15) is 4.79 Å². The van der Waals surface area contributed by atoms with E-state index < -0.39 is 5.41 Å². The van der Waals surface area contributed by atoms with Gasteiger partial charge in [-0.15, -0.1) is 0 Å². The SMILES string of the molecule is CN1c2cc(N(c3ccccc3)c3ccccc3)ccc2N(c2cccc(-c3ccc4c(c3)C(c3ccccc3)(c3ccccc3)c3ccccc3C4=O)c2)c2cc3c(cc21)-c1ccccc1C3(C)C. The zero-order valence-corrected chi connectivity index (χ0v) is 39.3. The Morgan fingerprint density at radius 1 is 0.371 bits per heavy atom. The molecule has 0 saturated heterocycles. The van der Waals surface area contributed by atoms with Crippen LogP contribution in [-0.4, -0.2) is 12.8 Å². The minimum Gasteiger partial charge on any atom is -0.341 e. The smallest absolute Gasteiger partial charge is 0.193 e. The van der Waals surface area contributed by atoms with Crippen molar-refractivity contribution >= 4 is 51.3 Å². The first-order valence-corrected chi connectivity index (χ1v) is 24.2. The molecule has 0 unspecified atom stereocenters. The molecule has 0 spiro atoms. The van der Waals surface area contributed by atoms with Crippen LogP contribution in [0.15, 0.2) is 243 Å². The molecule has 0 radical (unpaired) electrons. The van der Waals surface area contributed by atoms with Gasteiger partial charge in [-0.2, -0.15) is 0 Å². The molecule has 0 bridgehead atoms. The summed E-state index contributed by atoms with van der Waals surface area (Å²) < 4.78 is 0. The van der Waals surface area contributed by atoms with Gasteiger partial charge in [0.05, 0.1) is 28.2 Å². The third-order valence-corrected chi connectivity index (χ3v) is 15.2. The van der Waals surface area contributed by atoms with Crippen LogP contribution in [0, 0.1) is 0 Å². The molecule has 0 N–H and O–H groups in total. The van der Waals surface area contributed by atoms with Crippen molar-refractivity contribution in [3.8, 4) is 22.3 Å². The monoisotopic (exact) mass is 899 g/mol. The predicted molar refractivity (Wildman–Crippen MR) is 289 cm³/mol. The second-order valence-corrected chi connectivity index (χ2v) is 19.3. The number of nitrogens with zero attached hydrogens (tertiary/aromatic N) is 3. The Morgan fingerprint density at radius 3 is 1.60 bits per heavy atom. The number of carbonyl (C=O) groups excluding carboxylic acids is 1. The maximum Gasteiger partial charge on any atom is 0.193 e. The van der Waals surface area contributed by atoms with Gasteiger partial charge in [-0.25, -0.2) is 0 Å². The molecule has 3 aliphatic rings. The number of ketones is 1. The summed E-state index contributed by atoms with van der Waals surface area (Å²) in [6, 6.07) is 86.9. The fourth-order valence-electron chi connectivity index (χ4n) is 11.9. The summed E-state index contributed by atoms with van der Waals surface area (Å²) in [7, 11) is 2.21. The summed E-state index contributed by atoms with van der Waals surface area (Å²) in [5, 5.41) is 0. The van der Waals surface area contributed by atoms with Crippen LogP contribution in [-0.2, 0) is 10.8 Å². The van der Waals surface area contributed by atoms with E-state index in [-0.39, 0.29) is 11.2 Å². The molecule has 0 atom stereocenters. The van der Waals surface area contributed by atoms with Gasteiger partial charge < -0.3 is 14.7 Å². The van der Waals surface area contributed by atoms with Crippen LogP contribution < -0.4 is 14.7 Å². The molecule has 10 aromatic rings. The molecule has 0 aromatic heterocycles. The van der Waals surface area contributed by atoms with Crippen molar-refractivity contribution in [1.29, 1.82) is 0 Å². The summed E-state index contributed by atoms with van der Waals surface area (Å²) in [6.45, 7) is 4.71. The lowest BCUT2D eigenvalue weighted by Gasteiger charge is -2.42. The van der Waals surface area contributed by atoms with Crippen LogP contribution in [0.3, 0.4) is 0 Å². The first-order chi connectivity index (χ1) is 34.3. The van der Waals surface area contributed by atoms with Gasteiger partial charge in [-0.05, 0) is 128 Å². The third kappa shape index (κ3) is 6.12. The number of anilines is 8. The van der Waals surface area contributed by atoms with Crippen molar-refractivity contribution in [1.82, 2.24) is 0 Å². The maximum absolute atomic E-state index is 14.6. The molecule has 4 nitrogen and oxygen atoms in total. The minimum absolute atomic E-state index is 0.0501. The molecule has 0 amide bonds. The summed E-state index contributed by atoms with van der Waals surface area (Å²) >= 11 is 0. The first kappa shape index (κ1) is 41.5. The maximum atomic E-state index is 14.6. The number of rotatable bonds is 7. The Hall–Kier alpha value is -8.73. The van der Waals surface area contributed by atoms with Crippen LogP contribution in [0.4, 0.5) is 45.5 Å². The first-order valence-electron chi connectivity index (χ1n) is 24.2. The third-order valence-electron chi connectivity index (χ3n) is 15.2.